The van der Waals surface area contributed by atoms with Crippen molar-refractivity contribution in [1.82, 2.24) is 5.32 Å². The first-order valence-corrected chi connectivity index (χ1v) is 26.4. The van der Waals surface area contributed by atoms with Gasteiger partial charge in [0.1, 0.15) is 24.4 Å². The summed E-state index contributed by atoms with van der Waals surface area (Å²) in [5.41, 5.74) is 0. The van der Waals surface area contributed by atoms with Crippen molar-refractivity contribution < 1.29 is 39.8 Å². The van der Waals surface area contributed by atoms with E-state index < -0.39 is 49.5 Å². The van der Waals surface area contributed by atoms with Crippen LogP contribution in [-0.2, 0) is 14.3 Å². The van der Waals surface area contributed by atoms with Crippen LogP contribution in [-0.4, -0.2) is 87.5 Å². The Hall–Kier alpha value is -1.07. The maximum atomic E-state index is 12.8. The fraction of sp³-hybridized carbons (Fsp3) is 0.942. The molecule has 0 spiro atoms. The minimum absolute atomic E-state index is 0.181. The van der Waals surface area contributed by atoms with E-state index in [-0.39, 0.29) is 12.5 Å². The number of ether oxygens (including phenoxy) is 2. The molecule has 7 atom stereocenters. The first-order valence-electron chi connectivity index (χ1n) is 26.4. The van der Waals surface area contributed by atoms with E-state index in [0.717, 1.165) is 38.5 Å². The lowest BCUT2D eigenvalue weighted by Crippen LogP contribution is -2.60. The molecule has 7 unspecified atom stereocenters. The van der Waals surface area contributed by atoms with Crippen LogP contribution in [0.1, 0.15) is 258 Å². The van der Waals surface area contributed by atoms with Crippen LogP contribution in [0.2, 0.25) is 0 Å². The molecule has 0 aliphatic carbocycles. The van der Waals surface area contributed by atoms with Crippen molar-refractivity contribution in [2.75, 3.05) is 13.2 Å². The number of hydrogen-bond acceptors (Lipinski definition) is 8. The Bertz CT molecular complexity index is 966. The fourth-order valence-electron chi connectivity index (χ4n) is 8.62. The Balaban J connectivity index is 1.94. The molecule has 362 valence electrons. The van der Waals surface area contributed by atoms with Gasteiger partial charge in [-0.15, -0.1) is 0 Å². The van der Waals surface area contributed by atoms with Gasteiger partial charge in [-0.1, -0.05) is 251 Å². The summed E-state index contributed by atoms with van der Waals surface area (Å²) in [6.45, 7) is 3.64. The molecule has 1 heterocycles. The van der Waals surface area contributed by atoms with Crippen molar-refractivity contribution in [2.24, 2.45) is 0 Å². The van der Waals surface area contributed by atoms with E-state index in [1.165, 1.54) is 199 Å². The van der Waals surface area contributed by atoms with E-state index in [2.05, 4.69) is 19.2 Å². The van der Waals surface area contributed by atoms with Gasteiger partial charge in [0.25, 0.3) is 0 Å². The molecule has 1 rings (SSSR count). The molecule has 0 saturated carbocycles. The summed E-state index contributed by atoms with van der Waals surface area (Å²) in [5.74, 6) is -0.181. The van der Waals surface area contributed by atoms with Gasteiger partial charge in [-0.05, 0) is 12.8 Å². The van der Waals surface area contributed by atoms with Gasteiger partial charge in [0.2, 0.25) is 5.91 Å². The second-order valence-electron chi connectivity index (χ2n) is 18.7. The van der Waals surface area contributed by atoms with Gasteiger partial charge in [-0.2, -0.15) is 0 Å². The number of allylic oxidation sites excluding steroid dienone is 1. The molecular formula is C52H101NO8. The number of aliphatic hydroxyl groups excluding tert-OH is 5. The maximum Gasteiger partial charge on any atom is 0.220 e. The molecular weight excluding hydrogens is 767 g/mol. The van der Waals surface area contributed by atoms with Crippen molar-refractivity contribution in [1.29, 1.82) is 0 Å². The number of rotatable bonds is 45. The van der Waals surface area contributed by atoms with E-state index in [9.17, 15) is 30.3 Å². The molecule has 6 N–H and O–H groups in total. The van der Waals surface area contributed by atoms with Crippen LogP contribution in [0.25, 0.3) is 0 Å². The zero-order chi connectivity index (χ0) is 44.4. The summed E-state index contributed by atoms with van der Waals surface area (Å²) < 4.78 is 11.1. The van der Waals surface area contributed by atoms with E-state index in [1.807, 2.05) is 6.08 Å². The van der Waals surface area contributed by atoms with Crippen LogP contribution in [0.3, 0.4) is 0 Å². The van der Waals surface area contributed by atoms with Gasteiger partial charge < -0.3 is 40.3 Å². The SMILES string of the molecule is CCCC/C=C/C(O)C(COC1OC(CO)C(O)C(O)C1O)NC(=O)CCCCCCCCCCCCCCCCCCCCCCCCCCCCCCCCCCCC. The Kier molecular flexibility index (Phi) is 40.7. The predicted octanol–water partition coefficient (Wildman–Crippen LogP) is 12.1. The van der Waals surface area contributed by atoms with E-state index >= 15 is 0 Å². The minimum atomic E-state index is -1.56. The molecule has 0 aromatic rings. The Labute approximate surface area is 376 Å². The van der Waals surface area contributed by atoms with Gasteiger partial charge in [-0.25, -0.2) is 0 Å². The average molecular weight is 868 g/mol. The number of carbonyl (C=O) groups excluding carboxylic acids is 1. The summed E-state index contributed by atoms with van der Waals surface area (Å²) in [7, 11) is 0. The molecule has 0 bridgehead atoms. The zero-order valence-corrected chi connectivity index (χ0v) is 39.9. The lowest BCUT2D eigenvalue weighted by Gasteiger charge is -2.40. The van der Waals surface area contributed by atoms with E-state index in [1.54, 1.807) is 6.08 Å². The zero-order valence-electron chi connectivity index (χ0n) is 39.9. The summed E-state index contributed by atoms with van der Waals surface area (Å²) in [6, 6.07) is -0.796. The third-order valence-electron chi connectivity index (χ3n) is 12.9. The first-order chi connectivity index (χ1) is 29.8. The Morgan fingerprint density at radius 2 is 0.902 bits per heavy atom. The number of carbonyl (C=O) groups is 1. The highest BCUT2D eigenvalue weighted by atomic mass is 16.7. The molecule has 1 aliphatic heterocycles. The molecule has 0 aromatic heterocycles. The summed E-state index contributed by atoms with van der Waals surface area (Å²) in [4.78, 5) is 12.8. The monoisotopic (exact) mass is 868 g/mol. The highest BCUT2D eigenvalue weighted by Gasteiger charge is 2.44. The molecule has 61 heavy (non-hydrogen) atoms. The average Bonchev–Trinajstić information content (AvgIpc) is 3.26. The molecule has 9 nitrogen and oxygen atoms in total. The van der Waals surface area contributed by atoms with Crippen molar-refractivity contribution in [3.05, 3.63) is 12.2 Å². The summed E-state index contributed by atoms with van der Waals surface area (Å²) in [6.07, 6.45) is 45.3. The number of aliphatic hydroxyl groups is 5. The summed E-state index contributed by atoms with van der Waals surface area (Å²) in [5, 5.41) is 53.6. The highest BCUT2D eigenvalue weighted by molar-refractivity contribution is 5.76. The fourth-order valence-corrected chi connectivity index (χ4v) is 8.62. The number of unbranched alkanes of at least 4 members (excludes halogenated alkanes) is 35. The molecule has 0 aromatic carbocycles. The van der Waals surface area contributed by atoms with E-state index in [4.69, 9.17) is 9.47 Å². The van der Waals surface area contributed by atoms with Crippen LogP contribution in [0.15, 0.2) is 12.2 Å². The van der Waals surface area contributed by atoms with Gasteiger partial charge in [-0.3, -0.25) is 4.79 Å². The number of nitrogens with one attached hydrogen (secondary N) is 1. The second kappa shape index (κ2) is 42.9. The second-order valence-corrected chi connectivity index (χ2v) is 18.7. The highest BCUT2D eigenvalue weighted by Crippen LogP contribution is 2.23. The standard InChI is InChI=1S/C52H101NO8/c1-3-5-7-9-10-11-12-13-14-15-16-17-18-19-20-21-22-23-24-25-26-27-28-29-30-31-32-33-34-35-36-37-38-40-42-48(56)53-45(46(55)41-39-8-6-4-2)44-60-52-51(59)50(58)49(57)47(43-54)61-52/h39,41,45-47,49-52,54-55,57-59H,3-38,40,42-44H2,1-2H3,(H,53,56)/b41-39+. The van der Waals surface area contributed by atoms with Crippen LogP contribution < -0.4 is 5.32 Å². The van der Waals surface area contributed by atoms with Crippen LogP contribution >= 0.6 is 0 Å². The van der Waals surface area contributed by atoms with Crippen molar-refractivity contribution in [3.8, 4) is 0 Å². The normalized spacial score (nSPS) is 20.4. The lowest BCUT2D eigenvalue weighted by atomic mass is 9.99. The van der Waals surface area contributed by atoms with Gasteiger partial charge in [0.05, 0.1) is 25.4 Å². The van der Waals surface area contributed by atoms with Gasteiger partial charge in [0, 0.05) is 6.42 Å². The molecule has 0 radical (unpaired) electrons. The van der Waals surface area contributed by atoms with Crippen molar-refractivity contribution in [3.63, 3.8) is 0 Å². The molecule has 9 heteroatoms. The number of amides is 1. The molecule has 1 aliphatic rings. The minimum Gasteiger partial charge on any atom is -0.394 e. The Morgan fingerprint density at radius 3 is 1.26 bits per heavy atom. The topological polar surface area (TPSA) is 149 Å². The van der Waals surface area contributed by atoms with Crippen molar-refractivity contribution in [2.45, 2.75) is 301 Å². The molecule has 1 amide bonds. The maximum absolute atomic E-state index is 12.8. The molecule has 1 fully saturated rings. The number of hydrogen-bond donors (Lipinski definition) is 6. The predicted molar refractivity (Wildman–Crippen MR) is 254 cm³/mol. The van der Waals surface area contributed by atoms with Gasteiger partial charge >= 0.3 is 0 Å². The van der Waals surface area contributed by atoms with E-state index in [0.29, 0.717) is 6.42 Å². The van der Waals surface area contributed by atoms with Crippen LogP contribution in [0, 0.1) is 0 Å². The third-order valence-corrected chi connectivity index (χ3v) is 12.9. The Morgan fingerprint density at radius 1 is 0.541 bits per heavy atom. The largest absolute Gasteiger partial charge is 0.394 e. The van der Waals surface area contributed by atoms with Crippen molar-refractivity contribution >= 4 is 5.91 Å². The first kappa shape index (κ1) is 57.9. The quantitative estimate of drug-likeness (QED) is 0.0262. The third kappa shape index (κ3) is 33.1. The lowest BCUT2D eigenvalue weighted by molar-refractivity contribution is -0.302. The summed E-state index contributed by atoms with van der Waals surface area (Å²) >= 11 is 0. The smallest absolute Gasteiger partial charge is 0.220 e. The van der Waals surface area contributed by atoms with Crippen LogP contribution in [0.4, 0.5) is 0 Å². The molecule has 1 saturated heterocycles. The van der Waals surface area contributed by atoms with Crippen LogP contribution in [0.5, 0.6) is 0 Å². The van der Waals surface area contributed by atoms with Gasteiger partial charge in [0.15, 0.2) is 6.29 Å².